The lowest BCUT2D eigenvalue weighted by Gasteiger charge is -2.21. The largest absolute Gasteiger partial charge is 0.330 e. The van der Waals surface area contributed by atoms with E-state index in [9.17, 15) is 0 Å². The molecule has 0 aliphatic heterocycles. The molecule has 4 heteroatoms. The summed E-state index contributed by atoms with van der Waals surface area (Å²) >= 11 is 0. The fourth-order valence-electron chi connectivity index (χ4n) is 2.81. The minimum atomic E-state index is 0.703. The first-order valence-electron chi connectivity index (χ1n) is 9.19. The molecule has 0 unspecified atom stereocenters. The van der Waals surface area contributed by atoms with E-state index in [1.807, 2.05) is 42.8 Å². The number of pyridine rings is 1. The molecule has 0 saturated carbocycles. The Morgan fingerprint density at radius 2 is 2.04 bits per heavy atom. The molecule has 0 radical (unpaired) electrons. The number of rotatable bonds is 9. The average molecular weight is 351 g/mol. The summed E-state index contributed by atoms with van der Waals surface area (Å²) in [7, 11) is 0. The van der Waals surface area contributed by atoms with E-state index in [-0.39, 0.29) is 0 Å². The standard InChI is InChI=1S/C22H30N4/c1-18-15-20(3)22(25-16-18)17-26(13-6-10-23)14-12-24-11-9-21-8-5-4-7-19(21)2/h4-5,7-9,11,15-16H,2,6,10,12-14,17,23H2,1,3H3/b21-9-,24-11-. The molecular weight excluding hydrogens is 320 g/mol. The minimum absolute atomic E-state index is 0.703. The topological polar surface area (TPSA) is 54.5 Å². The lowest BCUT2D eigenvalue weighted by molar-refractivity contribution is 0.268. The number of nitrogens with zero attached hydrogens (tertiary/aromatic N) is 3. The van der Waals surface area contributed by atoms with E-state index in [0.717, 1.165) is 48.7 Å². The first-order chi connectivity index (χ1) is 12.6. The molecule has 0 aliphatic carbocycles. The summed E-state index contributed by atoms with van der Waals surface area (Å²) in [6.07, 6.45) is 6.81. The van der Waals surface area contributed by atoms with Crippen LogP contribution >= 0.6 is 0 Å². The van der Waals surface area contributed by atoms with E-state index in [2.05, 4.69) is 41.4 Å². The molecule has 0 fully saturated rings. The molecule has 0 bridgehead atoms. The maximum atomic E-state index is 5.69. The van der Waals surface area contributed by atoms with Crippen molar-refractivity contribution < 1.29 is 0 Å². The van der Waals surface area contributed by atoms with Gasteiger partial charge in [0, 0.05) is 25.5 Å². The number of hydrogen-bond donors (Lipinski definition) is 1. The van der Waals surface area contributed by atoms with Crippen molar-refractivity contribution in [3.05, 3.63) is 63.8 Å². The molecule has 26 heavy (non-hydrogen) atoms. The molecule has 0 amide bonds. The Labute approximate surface area is 156 Å². The molecule has 0 atom stereocenters. The second-order valence-corrected chi connectivity index (χ2v) is 6.62. The highest BCUT2D eigenvalue weighted by Gasteiger charge is 2.08. The molecule has 1 aromatic heterocycles. The van der Waals surface area contributed by atoms with Crippen LogP contribution in [0.25, 0.3) is 12.7 Å². The molecule has 138 valence electrons. The molecule has 1 aromatic carbocycles. The van der Waals surface area contributed by atoms with Gasteiger partial charge in [-0.05, 0) is 61.0 Å². The van der Waals surface area contributed by atoms with E-state index in [1.165, 1.54) is 11.1 Å². The SMILES string of the molecule is C=c1cccc/c1=C/C=N\CCN(CCCN)Cc1ncc(C)cc1C. The smallest absolute Gasteiger partial charge is 0.0573 e. The van der Waals surface area contributed by atoms with Crippen LogP contribution in [0.3, 0.4) is 0 Å². The highest BCUT2D eigenvalue weighted by atomic mass is 15.1. The number of benzene rings is 1. The van der Waals surface area contributed by atoms with Gasteiger partial charge in [-0.1, -0.05) is 36.9 Å². The minimum Gasteiger partial charge on any atom is -0.330 e. The van der Waals surface area contributed by atoms with Crippen LogP contribution < -0.4 is 16.2 Å². The van der Waals surface area contributed by atoms with Gasteiger partial charge in [-0.2, -0.15) is 0 Å². The van der Waals surface area contributed by atoms with Gasteiger partial charge in [0.25, 0.3) is 0 Å². The molecule has 1 heterocycles. The first kappa shape index (κ1) is 20.0. The normalized spacial score (nSPS) is 12.4. The van der Waals surface area contributed by atoms with Crippen molar-refractivity contribution in [2.75, 3.05) is 26.2 Å². The van der Waals surface area contributed by atoms with Crippen molar-refractivity contribution >= 4 is 18.9 Å². The summed E-state index contributed by atoms with van der Waals surface area (Å²) in [5.74, 6) is 0. The number of nitrogens with two attached hydrogens (primary N) is 1. The molecule has 4 nitrogen and oxygen atoms in total. The molecule has 2 rings (SSSR count). The first-order valence-corrected chi connectivity index (χ1v) is 9.19. The van der Waals surface area contributed by atoms with E-state index in [4.69, 9.17) is 5.73 Å². The summed E-state index contributed by atoms with van der Waals surface area (Å²) < 4.78 is 0. The average Bonchev–Trinajstić information content (AvgIpc) is 2.62. The van der Waals surface area contributed by atoms with E-state index in [0.29, 0.717) is 6.54 Å². The summed E-state index contributed by atoms with van der Waals surface area (Å²) in [4.78, 5) is 11.5. The Bertz CT molecular complexity index is 826. The van der Waals surface area contributed by atoms with E-state index in [1.54, 1.807) is 0 Å². The zero-order valence-corrected chi connectivity index (χ0v) is 16.0. The van der Waals surface area contributed by atoms with Gasteiger partial charge in [-0.15, -0.1) is 0 Å². The van der Waals surface area contributed by atoms with Gasteiger partial charge in [0.2, 0.25) is 0 Å². The predicted molar refractivity (Wildman–Crippen MR) is 112 cm³/mol. The summed E-state index contributed by atoms with van der Waals surface area (Å²) in [6, 6.07) is 10.2. The van der Waals surface area contributed by atoms with Crippen LogP contribution in [0.5, 0.6) is 0 Å². The van der Waals surface area contributed by atoms with Crippen LogP contribution in [0, 0.1) is 13.8 Å². The fraction of sp³-hybridized carbons (Fsp3) is 0.364. The number of aliphatic imine (C=N–C) groups is 1. The zero-order chi connectivity index (χ0) is 18.8. The summed E-state index contributed by atoms with van der Waals surface area (Å²) in [5, 5.41) is 2.13. The molecule has 2 N–H and O–H groups in total. The number of hydrogen-bond acceptors (Lipinski definition) is 4. The van der Waals surface area contributed by atoms with Gasteiger partial charge in [0.1, 0.15) is 0 Å². The highest BCUT2D eigenvalue weighted by molar-refractivity contribution is 5.90. The molecule has 0 saturated heterocycles. The van der Waals surface area contributed by atoms with Crippen LogP contribution in [0.15, 0.2) is 41.5 Å². The van der Waals surface area contributed by atoms with E-state index >= 15 is 0 Å². The second-order valence-electron chi connectivity index (χ2n) is 6.62. The Kier molecular flexibility index (Phi) is 8.19. The monoisotopic (exact) mass is 350 g/mol. The Morgan fingerprint density at radius 1 is 1.23 bits per heavy atom. The van der Waals surface area contributed by atoms with Crippen molar-refractivity contribution in [3.63, 3.8) is 0 Å². The third kappa shape index (κ3) is 6.54. The van der Waals surface area contributed by atoms with Crippen molar-refractivity contribution in [1.82, 2.24) is 9.88 Å². The van der Waals surface area contributed by atoms with Crippen LogP contribution in [0.4, 0.5) is 0 Å². The Hall–Kier alpha value is -2.30. The summed E-state index contributed by atoms with van der Waals surface area (Å²) in [6.45, 7) is 12.4. The van der Waals surface area contributed by atoms with Gasteiger partial charge < -0.3 is 5.73 Å². The lowest BCUT2D eigenvalue weighted by Crippen LogP contribution is -2.29. The van der Waals surface area contributed by atoms with Gasteiger partial charge in [-0.3, -0.25) is 14.9 Å². The maximum absolute atomic E-state index is 5.69. The van der Waals surface area contributed by atoms with Crippen LogP contribution in [-0.4, -0.2) is 42.3 Å². The van der Waals surface area contributed by atoms with Crippen molar-refractivity contribution in [2.45, 2.75) is 26.8 Å². The number of aryl methyl sites for hydroxylation is 2. The van der Waals surface area contributed by atoms with E-state index < -0.39 is 0 Å². The highest BCUT2D eigenvalue weighted by Crippen LogP contribution is 2.10. The van der Waals surface area contributed by atoms with Crippen molar-refractivity contribution in [3.8, 4) is 0 Å². The predicted octanol–water partition coefficient (Wildman–Crippen LogP) is 1.81. The van der Waals surface area contributed by atoms with Gasteiger partial charge in [-0.25, -0.2) is 0 Å². The van der Waals surface area contributed by atoms with Gasteiger partial charge in [0.15, 0.2) is 0 Å². The van der Waals surface area contributed by atoms with Crippen molar-refractivity contribution in [1.29, 1.82) is 0 Å². The zero-order valence-electron chi connectivity index (χ0n) is 16.0. The van der Waals surface area contributed by atoms with Crippen LogP contribution in [-0.2, 0) is 6.54 Å². The van der Waals surface area contributed by atoms with Crippen molar-refractivity contribution in [2.24, 2.45) is 10.7 Å². The summed E-state index contributed by atoms with van der Waals surface area (Å²) in [5.41, 5.74) is 9.27. The van der Waals surface area contributed by atoms with Crippen LogP contribution in [0.1, 0.15) is 23.2 Å². The Balaban J connectivity index is 1.95. The van der Waals surface area contributed by atoms with Gasteiger partial charge in [0.05, 0.1) is 12.2 Å². The molecule has 0 aliphatic rings. The maximum Gasteiger partial charge on any atom is 0.0573 e. The third-order valence-electron chi connectivity index (χ3n) is 4.34. The molecule has 2 aromatic rings. The third-order valence-corrected chi connectivity index (χ3v) is 4.34. The van der Waals surface area contributed by atoms with Crippen LogP contribution in [0.2, 0.25) is 0 Å². The fourth-order valence-corrected chi connectivity index (χ4v) is 2.81. The quantitative estimate of drug-likeness (QED) is 0.702. The second kappa shape index (κ2) is 10.6. The Morgan fingerprint density at radius 3 is 2.77 bits per heavy atom. The van der Waals surface area contributed by atoms with Gasteiger partial charge >= 0.3 is 0 Å². The molecule has 0 spiro atoms. The lowest BCUT2D eigenvalue weighted by atomic mass is 10.1. The molecular formula is C22H30N4. The number of aromatic nitrogens is 1.